The molecular formula is C19H21NO5S2. The minimum atomic E-state index is -1.73. The van der Waals surface area contributed by atoms with Crippen molar-refractivity contribution in [2.45, 2.75) is 39.7 Å². The average Bonchev–Trinajstić information content (AvgIpc) is 2.83. The first kappa shape index (κ1) is 21.1. The first-order valence-corrected chi connectivity index (χ1v) is 9.69. The van der Waals surface area contributed by atoms with Gasteiger partial charge in [0.25, 0.3) is 5.91 Å². The zero-order chi connectivity index (χ0) is 20.3. The second-order valence-corrected chi connectivity index (χ2v) is 8.10. The molecule has 1 aliphatic heterocycles. The molecule has 1 saturated heterocycles. The summed E-state index contributed by atoms with van der Waals surface area (Å²) in [5, 5.41) is 18.7. The fourth-order valence-corrected chi connectivity index (χ4v) is 4.36. The zero-order valence-electron chi connectivity index (χ0n) is 15.3. The standard InChI is InChI=1S/C19H21NO5S2/c1-4-5-13(15(17(22)23)18(24)25)20-16(21)14(27-19(20)26)9-12-8-10(2)6-7-11(12)3/h6-9,13,15H,4-5H2,1-3H3,(H,22,23)(H,24,25). The summed E-state index contributed by atoms with van der Waals surface area (Å²) in [7, 11) is 0. The highest BCUT2D eigenvalue weighted by molar-refractivity contribution is 8.26. The second kappa shape index (κ2) is 8.67. The average molecular weight is 408 g/mol. The number of carbonyl (C=O) groups is 3. The summed E-state index contributed by atoms with van der Waals surface area (Å²) in [5.41, 5.74) is 2.91. The van der Waals surface area contributed by atoms with Gasteiger partial charge in [0.15, 0.2) is 5.92 Å². The number of carboxylic acid groups (broad SMARTS) is 2. The Balaban J connectivity index is 2.43. The molecule has 8 heteroatoms. The molecule has 0 saturated carbocycles. The van der Waals surface area contributed by atoms with Crippen LogP contribution in [0.2, 0.25) is 0 Å². The highest BCUT2D eigenvalue weighted by atomic mass is 32.2. The smallest absolute Gasteiger partial charge is 0.320 e. The molecule has 0 radical (unpaired) electrons. The van der Waals surface area contributed by atoms with Gasteiger partial charge in [0.1, 0.15) is 4.32 Å². The third-order valence-electron chi connectivity index (χ3n) is 4.38. The number of aryl methyl sites for hydroxylation is 2. The minimum Gasteiger partial charge on any atom is -0.481 e. The lowest BCUT2D eigenvalue weighted by Crippen LogP contribution is -2.48. The fraction of sp³-hybridized carbons (Fsp3) is 0.368. The Hall–Kier alpha value is -2.19. The van der Waals surface area contributed by atoms with Crippen LogP contribution in [0.5, 0.6) is 0 Å². The Labute approximate surface area is 167 Å². The molecule has 1 heterocycles. The molecule has 1 amide bonds. The molecule has 1 aromatic rings. The maximum atomic E-state index is 12.9. The number of amides is 1. The van der Waals surface area contributed by atoms with Crippen LogP contribution >= 0.6 is 24.0 Å². The van der Waals surface area contributed by atoms with Gasteiger partial charge in [0.2, 0.25) is 0 Å². The first-order valence-electron chi connectivity index (χ1n) is 8.47. The molecular weight excluding hydrogens is 386 g/mol. The number of hydrogen-bond acceptors (Lipinski definition) is 5. The van der Waals surface area contributed by atoms with E-state index in [0.29, 0.717) is 11.3 Å². The lowest BCUT2D eigenvalue weighted by Gasteiger charge is -2.29. The van der Waals surface area contributed by atoms with E-state index in [1.165, 1.54) is 0 Å². The van der Waals surface area contributed by atoms with E-state index < -0.39 is 29.8 Å². The van der Waals surface area contributed by atoms with Gasteiger partial charge in [-0.3, -0.25) is 19.3 Å². The number of hydrogen-bond donors (Lipinski definition) is 2. The Morgan fingerprint density at radius 1 is 1.26 bits per heavy atom. The quantitative estimate of drug-likeness (QED) is 0.406. The zero-order valence-corrected chi connectivity index (χ0v) is 16.9. The van der Waals surface area contributed by atoms with Gasteiger partial charge in [0, 0.05) is 0 Å². The van der Waals surface area contributed by atoms with Gasteiger partial charge >= 0.3 is 11.9 Å². The van der Waals surface area contributed by atoms with E-state index in [1.807, 2.05) is 32.0 Å². The van der Waals surface area contributed by atoms with Crippen LogP contribution in [0.4, 0.5) is 0 Å². The van der Waals surface area contributed by atoms with Crippen LogP contribution in [-0.4, -0.2) is 43.3 Å². The predicted molar refractivity (Wildman–Crippen MR) is 108 cm³/mol. The van der Waals surface area contributed by atoms with E-state index in [9.17, 15) is 24.6 Å². The lowest BCUT2D eigenvalue weighted by molar-refractivity contribution is -0.157. The van der Waals surface area contributed by atoms with E-state index in [0.717, 1.165) is 33.4 Å². The van der Waals surface area contributed by atoms with Crippen molar-refractivity contribution in [3.63, 3.8) is 0 Å². The van der Waals surface area contributed by atoms with Gasteiger partial charge < -0.3 is 10.2 Å². The van der Waals surface area contributed by atoms with Crippen molar-refractivity contribution in [3.8, 4) is 0 Å². The van der Waals surface area contributed by atoms with Gasteiger partial charge in [-0.2, -0.15) is 0 Å². The van der Waals surface area contributed by atoms with E-state index in [4.69, 9.17) is 12.2 Å². The van der Waals surface area contributed by atoms with Gasteiger partial charge in [0.05, 0.1) is 10.9 Å². The molecule has 0 bridgehead atoms. The molecule has 1 aromatic carbocycles. The number of carboxylic acids is 2. The summed E-state index contributed by atoms with van der Waals surface area (Å²) in [5.74, 6) is -5.13. The number of nitrogens with zero attached hydrogens (tertiary/aromatic N) is 1. The van der Waals surface area contributed by atoms with Crippen LogP contribution in [0.1, 0.15) is 36.5 Å². The Bertz CT molecular complexity index is 819. The molecule has 2 rings (SSSR count). The molecule has 144 valence electrons. The first-order chi connectivity index (χ1) is 12.7. The summed E-state index contributed by atoms with van der Waals surface area (Å²) in [6.45, 7) is 5.68. The van der Waals surface area contributed by atoms with E-state index in [-0.39, 0.29) is 10.7 Å². The number of thioether (sulfide) groups is 1. The van der Waals surface area contributed by atoms with Crippen LogP contribution in [0, 0.1) is 19.8 Å². The predicted octanol–water partition coefficient (Wildman–Crippen LogP) is 3.46. The minimum absolute atomic E-state index is 0.183. The molecule has 0 aliphatic carbocycles. The summed E-state index contributed by atoms with van der Waals surface area (Å²) in [6, 6.07) is 4.84. The number of rotatable bonds is 7. The molecule has 0 spiro atoms. The molecule has 1 atom stereocenters. The molecule has 1 unspecified atom stereocenters. The van der Waals surface area contributed by atoms with Gasteiger partial charge in [-0.05, 0) is 37.5 Å². The van der Waals surface area contributed by atoms with E-state index >= 15 is 0 Å². The maximum absolute atomic E-state index is 12.9. The van der Waals surface area contributed by atoms with E-state index in [1.54, 1.807) is 13.0 Å². The Morgan fingerprint density at radius 2 is 1.89 bits per heavy atom. The van der Waals surface area contributed by atoms with Crippen LogP contribution in [0.3, 0.4) is 0 Å². The maximum Gasteiger partial charge on any atom is 0.320 e. The fourth-order valence-electron chi connectivity index (χ4n) is 3.00. The molecule has 2 N–H and O–H groups in total. The molecule has 27 heavy (non-hydrogen) atoms. The highest BCUT2D eigenvalue weighted by Gasteiger charge is 2.45. The topological polar surface area (TPSA) is 94.9 Å². The van der Waals surface area contributed by atoms with Crippen molar-refractivity contribution in [1.29, 1.82) is 0 Å². The number of aliphatic carboxylic acids is 2. The third-order valence-corrected chi connectivity index (χ3v) is 5.71. The molecule has 1 fully saturated rings. The van der Waals surface area contributed by atoms with Crippen molar-refractivity contribution >= 4 is 52.2 Å². The van der Waals surface area contributed by atoms with Crippen LogP contribution in [-0.2, 0) is 14.4 Å². The number of carbonyl (C=O) groups excluding carboxylic acids is 1. The summed E-state index contributed by atoms with van der Waals surface area (Å²) in [4.78, 5) is 37.5. The van der Waals surface area contributed by atoms with Crippen LogP contribution < -0.4 is 0 Å². The Kier molecular flexibility index (Phi) is 6.78. The normalized spacial score (nSPS) is 17.0. The van der Waals surface area contributed by atoms with Gasteiger partial charge in [-0.1, -0.05) is 61.1 Å². The number of thiocarbonyl (C=S) groups is 1. The van der Waals surface area contributed by atoms with Gasteiger partial charge in [-0.15, -0.1) is 0 Å². The summed E-state index contributed by atoms with van der Waals surface area (Å²) < 4.78 is 0.183. The van der Waals surface area contributed by atoms with Crippen molar-refractivity contribution < 1.29 is 24.6 Å². The van der Waals surface area contributed by atoms with Crippen molar-refractivity contribution in [3.05, 3.63) is 39.8 Å². The van der Waals surface area contributed by atoms with Crippen LogP contribution in [0.15, 0.2) is 23.1 Å². The van der Waals surface area contributed by atoms with Crippen molar-refractivity contribution in [1.82, 2.24) is 4.90 Å². The highest BCUT2D eigenvalue weighted by Crippen LogP contribution is 2.37. The van der Waals surface area contributed by atoms with Crippen molar-refractivity contribution in [2.24, 2.45) is 5.92 Å². The molecule has 1 aliphatic rings. The Morgan fingerprint density at radius 3 is 2.44 bits per heavy atom. The molecule has 6 nitrogen and oxygen atoms in total. The van der Waals surface area contributed by atoms with Crippen molar-refractivity contribution in [2.75, 3.05) is 0 Å². The van der Waals surface area contributed by atoms with Crippen LogP contribution in [0.25, 0.3) is 6.08 Å². The largest absolute Gasteiger partial charge is 0.481 e. The second-order valence-electron chi connectivity index (χ2n) is 6.42. The van der Waals surface area contributed by atoms with Gasteiger partial charge in [-0.25, -0.2) is 0 Å². The monoisotopic (exact) mass is 407 g/mol. The molecule has 0 aromatic heterocycles. The lowest BCUT2D eigenvalue weighted by atomic mass is 9.94. The SMILES string of the molecule is CCCC(C(C(=O)O)C(=O)O)N1C(=O)C(=Cc2cc(C)ccc2C)SC1=S. The third kappa shape index (κ3) is 4.56. The summed E-state index contributed by atoms with van der Waals surface area (Å²) in [6.07, 6.45) is 2.47. The van der Waals surface area contributed by atoms with E-state index in [2.05, 4.69) is 0 Å². The number of benzene rings is 1. The summed E-state index contributed by atoms with van der Waals surface area (Å²) >= 11 is 6.36.